The number of aliphatic hydroxyl groups is 1. The molecule has 2 aromatic carbocycles. The first-order valence-corrected chi connectivity index (χ1v) is 13.2. The number of nitrogens with one attached hydrogen (secondary N) is 1. The van der Waals surface area contributed by atoms with Crippen LogP contribution in [-0.4, -0.2) is 88.9 Å². The molecule has 2 aromatic rings. The first-order chi connectivity index (χ1) is 18.3. The lowest BCUT2D eigenvalue weighted by Crippen LogP contribution is -2.61. The second-order valence-electron chi connectivity index (χ2n) is 10.8. The van der Waals surface area contributed by atoms with E-state index in [4.69, 9.17) is 11.6 Å². The number of benzene rings is 2. The second kappa shape index (κ2) is 10.3. The van der Waals surface area contributed by atoms with E-state index in [1.165, 1.54) is 11.8 Å². The maximum atomic E-state index is 13.6. The third-order valence-electron chi connectivity index (χ3n) is 7.72. The summed E-state index contributed by atoms with van der Waals surface area (Å²) < 4.78 is 53.4. The number of carbonyl (C=O) groups is 2. The first-order valence-electron chi connectivity index (χ1n) is 12.8. The Morgan fingerprint density at radius 1 is 1.03 bits per heavy atom. The minimum Gasteiger partial charge on any atom is -0.380 e. The normalized spacial score (nSPS) is 21.6. The van der Waals surface area contributed by atoms with Gasteiger partial charge in [-0.2, -0.15) is 0 Å². The summed E-state index contributed by atoms with van der Waals surface area (Å²) in [6.07, 6.45) is 1.40. The number of amides is 2. The molecular formula is C27H29ClF4N4O3. The molecule has 1 atom stereocenters. The van der Waals surface area contributed by atoms with Crippen molar-refractivity contribution in [2.75, 3.05) is 44.6 Å². The van der Waals surface area contributed by atoms with Crippen LogP contribution in [0, 0.1) is 11.6 Å². The fraction of sp³-hybridized carbons (Fsp3) is 0.481. The topological polar surface area (TPSA) is 76.1 Å². The van der Waals surface area contributed by atoms with Gasteiger partial charge in [0.25, 0.3) is 17.7 Å². The highest BCUT2D eigenvalue weighted by Gasteiger charge is 2.46. The molecule has 3 saturated heterocycles. The van der Waals surface area contributed by atoms with E-state index in [9.17, 15) is 32.3 Å². The van der Waals surface area contributed by atoms with E-state index in [0.717, 1.165) is 35.8 Å². The molecule has 0 bridgehead atoms. The minimum atomic E-state index is -2.84. The lowest BCUT2D eigenvalue weighted by Gasteiger charge is -2.48. The average molecular weight is 569 g/mol. The van der Waals surface area contributed by atoms with E-state index in [1.807, 2.05) is 0 Å². The van der Waals surface area contributed by atoms with Gasteiger partial charge in [0.1, 0.15) is 11.6 Å². The Hall–Kier alpha value is -2.89. The highest BCUT2D eigenvalue weighted by atomic mass is 35.5. The molecule has 0 spiro atoms. The Kier molecular flexibility index (Phi) is 7.28. The van der Waals surface area contributed by atoms with Crippen molar-refractivity contribution in [3.63, 3.8) is 0 Å². The molecule has 0 radical (unpaired) electrons. The van der Waals surface area contributed by atoms with Crippen LogP contribution < -0.4 is 5.32 Å². The monoisotopic (exact) mass is 568 g/mol. The molecule has 5 rings (SSSR count). The molecule has 0 saturated carbocycles. The van der Waals surface area contributed by atoms with Crippen molar-refractivity contribution in [1.82, 2.24) is 14.7 Å². The number of likely N-dealkylation sites (tertiary alicyclic amines) is 3. The molecule has 0 aliphatic carbocycles. The van der Waals surface area contributed by atoms with Crippen LogP contribution in [0.3, 0.4) is 0 Å². The maximum Gasteiger partial charge on any atom is 0.282 e. The molecule has 3 aliphatic heterocycles. The molecule has 12 heteroatoms. The summed E-state index contributed by atoms with van der Waals surface area (Å²) in [5, 5.41) is 14.4. The van der Waals surface area contributed by atoms with E-state index in [-0.39, 0.29) is 28.2 Å². The van der Waals surface area contributed by atoms with Crippen LogP contribution in [0.2, 0.25) is 5.02 Å². The predicted molar refractivity (Wildman–Crippen MR) is 137 cm³/mol. The van der Waals surface area contributed by atoms with E-state index in [1.54, 1.807) is 18.2 Å². The summed E-state index contributed by atoms with van der Waals surface area (Å²) in [6.45, 7) is 2.42. The summed E-state index contributed by atoms with van der Waals surface area (Å²) >= 11 is 6.27. The molecule has 7 nitrogen and oxygen atoms in total. The van der Waals surface area contributed by atoms with Crippen LogP contribution in [-0.2, 0) is 10.4 Å². The maximum absolute atomic E-state index is 13.6. The fourth-order valence-electron chi connectivity index (χ4n) is 5.44. The van der Waals surface area contributed by atoms with Crippen LogP contribution in [0.1, 0.15) is 35.7 Å². The average Bonchev–Trinajstić information content (AvgIpc) is 2.83. The summed E-state index contributed by atoms with van der Waals surface area (Å²) in [7, 11) is 0. The van der Waals surface area contributed by atoms with Gasteiger partial charge in [-0.1, -0.05) is 11.6 Å². The first kappa shape index (κ1) is 27.7. The molecule has 0 unspecified atom stereocenters. The Bertz CT molecular complexity index is 1250. The highest BCUT2D eigenvalue weighted by Crippen LogP contribution is 2.32. The SMILES string of the molecule is C[C@@](O)(C(=O)N1CCC(N2CC(Nc3ccc(C(=O)N4CC(F)(F)C4)c(Cl)c3)C2)CC1)c1cc(F)cc(F)c1. The molecule has 3 fully saturated rings. The quantitative estimate of drug-likeness (QED) is 0.520. The van der Waals surface area contributed by atoms with Crippen LogP contribution in [0.25, 0.3) is 0 Å². The van der Waals surface area contributed by atoms with Crippen molar-refractivity contribution < 1.29 is 32.3 Å². The number of nitrogens with zero attached hydrogens (tertiary/aromatic N) is 3. The van der Waals surface area contributed by atoms with Crippen molar-refractivity contribution in [2.45, 2.75) is 43.4 Å². The van der Waals surface area contributed by atoms with Crippen LogP contribution in [0.5, 0.6) is 0 Å². The minimum absolute atomic E-state index is 0.122. The third-order valence-corrected chi connectivity index (χ3v) is 8.03. The number of hydrogen-bond donors (Lipinski definition) is 2. The Labute approximate surface area is 228 Å². The molecule has 0 aromatic heterocycles. The van der Waals surface area contributed by atoms with Crippen molar-refractivity contribution in [2.24, 2.45) is 0 Å². The molecule has 2 N–H and O–H groups in total. The summed E-state index contributed by atoms with van der Waals surface area (Å²) in [4.78, 5) is 30.3. The fourth-order valence-corrected chi connectivity index (χ4v) is 5.70. The molecule has 3 heterocycles. The lowest BCUT2D eigenvalue weighted by molar-refractivity contribution is -0.152. The van der Waals surface area contributed by atoms with E-state index >= 15 is 0 Å². The van der Waals surface area contributed by atoms with Crippen LogP contribution >= 0.6 is 11.6 Å². The number of carbonyl (C=O) groups excluding carboxylic acids is 2. The standard InChI is InChI=1S/C27H29ClF4N4O3/c1-26(39,16-8-17(29)10-18(30)9-16)25(38)34-6-4-21(5-7-34)35-12-20(13-35)33-19-2-3-22(23(28)11-19)24(37)36-14-27(31,32)15-36/h2-3,8-11,20-21,33,39H,4-7,12-15H2,1H3/t26-/m0/s1. The van der Waals surface area contributed by atoms with E-state index < -0.39 is 48.1 Å². The Morgan fingerprint density at radius 3 is 2.21 bits per heavy atom. The number of piperidine rings is 1. The van der Waals surface area contributed by atoms with Gasteiger partial charge in [-0.05, 0) is 55.7 Å². The predicted octanol–water partition coefficient (Wildman–Crippen LogP) is 3.70. The number of alkyl halides is 2. The van der Waals surface area contributed by atoms with Crippen LogP contribution in [0.4, 0.5) is 23.2 Å². The third kappa shape index (κ3) is 5.71. The second-order valence-corrected chi connectivity index (χ2v) is 11.2. The van der Waals surface area contributed by atoms with Crippen LogP contribution in [0.15, 0.2) is 36.4 Å². The van der Waals surface area contributed by atoms with Gasteiger partial charge in [-0.3, -0.25) is 14.5 Å². The van der Waals surface area contributed by atoms with Gasteiger partial charge in [0.15, 0.2) is 5.60 Å². The van der Waals surface area contributed by atoms with Gasteiger partial charge in [0, 0.05) is 44.0 Å². The van der Waals surface area contributed by atoms with Crippen molar-refractivity contribution >= 4 is 29.1 Å². The largest absolute Gasteiger partial charge is 0.380 e. The summed E-state index contributed by atoms with van der Waals surface area (Å²) in [5.74, 6) is -5.65. The Morgan fingerprint density at radius 2 is 1.64 bits per heavy atom. The smallest absolute Gasteiger partial charge is 0.282 e. The molecular weight excluding hydrogens is 540 g/mol. The zero-order valence-corrected chi connectivity index (χ0v) is 22.0. The van der Waals surface area contributed by atoms with Crippen molar-refractivity contribution in [3.05, 3.63) is 64.2 Å². The lowest BCUT2D eigenvalue weighted by atomic mass is 9.91. The van der Waals surface area contributed by atoms with Gasteiger partial charge >= 0.3 is 0 Å². The molecule has 39 heavy (non-hydrogen) atoms. The number of anilines is 1. The molecule has 2 amide bonds. The Balaban J connectivity index is 1.09. The summed E-state index contributed by atoms with van der Waals surface area (Å²) in [5.41, 5.74) is -1.24. The highest BCUT2D eigenvalue weighted by molar-refractivity contribution is 6.34. The molecule has 3 aliphatic rings. The summed E-state index contributed by atoms with van der Waals surface area (Å²) in [6, 6.07) is 7.90. The molecule has 210 valence electrons. The van der Waals surface area contributed by atoms with Crippen molar-refractivity contribution in [1.29, 1.82) is 0 Å². The zero-order chi connectivity index (χ0) is 28.1. The van der Waals surface area contributed by atoms with Crippen molar-refractivity contribution in [3.8, 4) is 0 Å². The zero-order valence-electron chi connectivity index (χ0n) is 21.3. The number of halogens is 5. The number of rotatable bonds is 6. The van der Waals surface area contributed by atoms with Gasteiger partial charge in [-0.15, -0.1) is 0 Å². The van der Waals surface area contributed by atoms with Gasteiger partial charge in [0.05, 0.1) is 29.7 Å². The van der Waals surface area contributed by atoms with E-state index in [2.05, 4.69) is 10.2 Å². The van der Waals surface area contributed by atoms with Gasteiger partial charge < -0.3 is 20.2 Å². The van der Waals surface area contributed by atoms with E-state index in [0.29, 0.717) is 32.0 Å². The number of hydrogen-bond acceptors (Lipinski definition) is 5. The van der Waals surface area contributed by atoms with Gasteiger partial charge in [-0.25, -0.2) is 17.6 Å². The van der Waals surface area contributed by atoms with Gasteiger partial charge in [0.2, 0.25) is 0 Å².